The Labute approximate surface area is 167 Å². The number of hydroxylamine groups is 2. The lowest BCUT2D eigenvalue weighted by atomic mass is 10.0. The highest BCUT2D eigenvalue weighted by atomic mass is 16.7. The zero-order valence-electron chi connectivity index (χ0n) is 15.9. The first-order valence-electron chi connectivity index (χ1n) is 9.07. The van der Waals surface area contributed by atoms with Crippen LogP contribution in [0.15, 0.2) is 48.7 Å². The Morgan fingerprint density at radius 1 is 1.10 bits per heavy atom. The molecule has 152 valence electrons. The van der Waals surface area contributed by atoms with E-state index in [1.807, 2.05) is 42.5 Å². The Kier molecular flexibility index (Phi) is 6.04. The molecule has 3 N–H and O–H groups in total. The molecule has 0 bridgehead atoms. The van der Waals surface area contributed by atoms with Crippen LogP contribution < -0.4 is 0 Å². The maximum Gasteiger partial charge on any atom is 0.303 e. The molecule has 1 amide bonds. The van der Waals surface area contributed by atoms with Crippen molar-refractivity contribution in [3.8, 4) is 11.6 Å². The van der Waals surface area contributed by atoms with Crippen LogP contribution in [0.3, 0.4) is 0 Å². The smallest absolute Gasteiger partial charge is 0.303 e. The summed E-state index contributed by atoms with van der Waals surface area (Å²) in [7, 11) is 1.35. The summed E-state index contributed by atoms with van der Waals surface area (Å²) in [4.78, 5) is 28.8. The van der Waals surface area contributed by atoms with Crippen molar-refractivity contribution >= 4 is 22.6 Å². The number of aliphatic carboxylic acids is 1. The van der Waals surface area contributed by atoms with Crippen LogP contribution in [-0.2, 0) is 22.7 Å². The molecule has 0 unspecified atom stereocenters. The lowest BCUT2D eigenvalue weighted by molar-refractivity contribution is -0.137. The fourth-order valence-electron chi connectivity index (χ4n) is 3.20. The molecule has 0 aliphatic rings. The molecule has 0 saturated heterocycles. The fraction of sp³-hybridized carbons (Fsp3) is 0.238. The second-order valence-corrected chi connectivity index (χ2v) is 6.57. The van der Waals surface area contributed by atoms with Crippen molar-refractivity contribution in [2.24, 2.45) is 0 Å². The molecule has 8 heteroatoms. The number of carboxylic acid groups (broad SMARTS) is 1. The van der Waals surface area contributed by atoms with Gasteiger partial charge in [0.1, 0.15) is 5.56 Å². The minimum absolute atomic E-state index is 0.0903. The number of amides is 1. The van der Waals surface area contributed by atoms with Crippen LogP contribution in [0.5, 0.6) is 11.6 Å². The maximum absolute atomic E-state index is 12.9. The van der Waals surface area contributed by atoms with Gasteiger partial charge in [0.15, 0.2) is 5.75 Å². The predicted molar refractivity (Wildman–Crippen MR) is 105 cm³/mol. The second kappa shape index (κ2) is 8.66. The van der Waals surface area contributed by atoms with E-state index in [9.17, 15) is 19.8 Å². The van der Waals surface area contributed by atoms with Crippen LogP contribution in [0.25, 0.3) is 10.8 Å². The Morgan fingerprint density at radius 2 is 1.83 bits per heavy atom. The number of benzene rings is 2. The second-order valence-electron chi connectivity index (χ2n) is 6.57. The number of hydrogen-bond acceptors (Lipinski definition) is 5. The molecule has 1 heterocycles. The molecule has 0 aliphatic carbocycles. The molecule has 8 nitrogen and oxygen atoms in total. The molecule has 1 aromatic heterocycles. The van der Waals surface area contributed by atoms with Crippen LogP contribution >= 0.6 is 0 Å². The molecule has 29 heavy (non-hydrogen) atoms. The molecular weight excluding hydrogens is 376 g/mol. The minimum Gasteiger partial charge on any atom is -0.503 e. The van der Waals surface area contributed by atoms with E-state index in [1.165, 1.54) is 17.9 Å². The third-order valence-corrected chi connectivity index (χ3v) is 4.68. The van der Waals surface area contributed by atoms with Gasteiger partial charge >= 0.3 is 5.97 Å². The Balaban J connectivity index is 1.83. The van der Waals surface area contributed by atoms with Gasteiger partial charge in [0.05, 0.1) is 13.7 Å². The van der Waals surface area contributed by atoms with Gasteiger partial charge in [-0.1, -0.05) is 42.5 Å². The molecule has 0 atom stereocenters. The van der Waals surface area contributed by atoms with Gasteiger partial charge in [0.25, 0.3) is 5.91 Å². The molecule has 3 aromatic rings. The first kappa shape index (κ1) is 20.2. The minimum atomic E-state index is -0.960. The van der Waals surface area contributed by atoms with Gasteiger partial charge in [-0.05, 0) is 22.8 Å². The number of nitrogens with zero attached hydrogens (tertiary/aromatic N) is 2. The number of aromatic nitrogens is 1. The SMILES string of the molecule is CON(Cc1cccc2ccccc12)C(=O)c1cn(CCCC(=O)O)c(O)c1O. The highest BCUT2D eigenvalue weighted by Gasteiger charge is 2.25. The molecule has 2 aromatic carbocycles. The quantitative estimate of drug-likeness (QED) is 0.503. The monoisotopic (exact) mass is 398 g/mol. The summed E-state index contributed by atoms with van der Waals surface area (Å²) in [6.45, 7) is 0.288. The van der Waals surface area contributed by atoms with Crippen LogP contribution in [-0.4, -0.2) is 43.9 Å². The Bertz CT molecular complexity index is 1040. The van der Waals surface area contributed by atoms with E-state index in [-0.39, 0.29) is 31.5 Å². The number of hydrogen-bond donors (Lipinski definition) is 3. The summed E-state index contributed by atoms with van der Waals surface area (Å²) in [5, 5.41) is 32.1. The summed E-state index contributed by atoms with van der Waals surface area (Å²) >= 11 is 0. The predicted octanol–water partition coefficient (Wildman–Crippen LogP) is 3.12. The van der Waals surface area contributed by atoms with E-state index in [0.29, 0.717) is 0 Å². The van der Waals surface area contributed by atoms with Crippen LogP contribution in [0.4, 0.5) is 0 Å². The first-order valence-corrected chi connectivity index (χ1v) is 9.07. The van der Waals surface area contributed by atoms with Crippen LogP contribution in [0.2, 0.25) is 0 Å². The summed E-state index contributed by atoms with van der Waals surface area (Å²) in [6, 6.07) is 13.5. The summed E-state index contributed by atoms with van der Waals surface area (Å²) in [5.74, 6) is -2.63. The van der Waals surface area contributed by atoms with Crippen molar-refractivity contribution in [3.63, 3.8) is 0 Å². The average Bonchev–Trinajstić information content (AvgIpc) is 3.00. The molecule has 0 saturated carbocycles. The molecule has 0 fully saturated rings. The largest absolute Gasteiger partial charge is 0.503 e. The van der Waals surface area contributed by atoms with E-state index in [1.54, 1.807) is 0 Å². The van der Waals surface area contributed by atoms with Crippen molar-refractivity contribution in [1.29, 1.82) is 0 Å². The maximum atomic E-state index is 12.9. The summed E-state index contributed by atoms with van der Waals surface area (Å²) in [6.07, 6.45) is 1.45. The average molecular weight is 398 g/mol. The third kappa shape index (κ3) is 4.33. The van der Waals surface area contributed by atoms with E-state index in [4.69, 9.17) is 9.94 Å². The normalized spacial score (nSPS) is 10.9. The van der Waals surface area contributed by atoms with Gasteiger partial charge in [0.2, 0.25) is 5.88 Å². The fourth-order valence-corrected chi connectivity index (χ4v) is 3.20. The highest BCUT2D eigenvalue weighted by Crippen LogP contribution is 2.33. The molecule has 3 rings (SSSR count). The third-order valence-electron chi connectivity index (χ3n) is 4.68. The standard InChI is InChI=1S/C21H22N2O6/c1-29-23(12-15-8-4-7-14-6-2-3-9-16(14)15)20(27)17-13-22(21(28)19(17)26)11-5-10-18(24)25/h2-4,6-9,13,26,28H,5,10-12H2,1H3,(H,24,25). The molecular formula is C21H22N2O6. The number of aryl methyl sites for hydroxylation is 1. The summed E-state index contributed by atoms with van der Waals surface area (Å²) < 4.78 is 1.25. The van der Waals surface area contributed by atoms with Gasteiger partial charge in [-0.2, -0.15) is 0 Å². The summed E-state index contributed by atoms with van der Waals surface area (Å²) in [5.41, 5.74) is 0.739. The van der Waals surface area contributed by atoms with E-state index >= 15 is 0 Å². The number of carbonyl (C=O) groups excluding carboxylic acids is 1. The lowest BCUT2D eigenvalue weighted by Gasteiger charge is -2.20. The molecule has 0 aliphatic heterocycles. The van der Waals surface area contributed by atoms with Gasteiger partial charge in [-0.25, -0.2) is 5.06 Å². The van der Waals surface area contributed by atoms with E-state index in [2.05, 4.69) is 0 Å². The topological polar surface area (TPSA) is 112 Å². The Hall–Kier alpha value is -3.52. The number of rotatable bonds is 8. The van der Waals surface area contributed by atoms with Crippen molar-refractivity contribution in [3.05, 3.63) is 59.8 Å². The number of carboxylic acids is 1. The molecule has 0 radical (unpaired) electrons. The number of aromatic hydroxyl groups is 2. The number of carbonyl (C=O) groups is 2. The zero-order chi connectivity index (χ0) is 21.0. The van der Waals surface area contributed by atoms with Gasteiger partial charge < -0.3 is 19.9 Å². The van der Waals surface area contributed by atoms with E-state index < -0.39 is 23.5 Å². The molecule has 0 spiro atoms. The van der Waals surface area contributed by atoms with Crippen molar-refractivity contribution in [2.75, 3.05) is 7.11 Å². The van der Waals surface area contributed by atoms with Gasteiger partial charge in [-0.15, -0.1) is 0 Å². The highest BCUT2D eigenvalue weighted by molar-refractivity contribution is 5.97. The van der Waals surface area contributed by atoms with Crippen molar-refractivity contribution < 1.29 is 29.7 Å². The van der Waals surface area contributed by atoms with Gasteiger partial charge in [0, 0.05) is 19.2 Å². The van der Waals surface area contributed by atoms with E-state index in [0.717, 1.165) is 21.4 Å². The number of fused-ring (bicyclic) bond motifs is 1. The van der Waals surface area contributed by atoms with Gasteiger partial charge in [-0.3, -0.25) is 14.4 Å². The lowest BCUT2D eigenvalue weighted by Crippen LogP contribution is -2.29. The van der Waals surface area contributed by atoms with Crippen LogP contribution in [0, 0.1) is 0 Å². The zero-order valence-corrected chi connectivity index (χ0v) is 15.9. The van der Waals surface area contributed by atoms with Crippen molar-refractivity contribution in [2.45, 2.75) is 25.9 Å². The Morgan fingerprint density at radius 3 is 2.55 bits per heavy atom. The first-order chi connectivity index (χ1) is 13.9. The van der Waals surface area contributed by atoms with Crippen molar-refractivity contribution in [1.82, 2.24) is 9.63 Å². The van der Waals surface area contributed by atoms with Crippen LogP contribution in [0.1, 0.15) is 28.8 Å².